The highest BCUT2D eigenvalue weighted by Crippen LogP contribution is 2.28. The summed E-state index contributed by atoms with van der Waals surface area (Å²) in [4.78, 5) is 0. The van der Waals surface area contributed by atoms with Gasteiger partial charge in [0.15, 0.2) is 0 Å². The van der Waals surface area contributed by atoms with Gasteiger partial charge in [0.1, 0.15) is 0 Å². The summed E-state index contributed by atoms with van der Waals surface area (Å²) in [5.74, 6) is 13.3. The second kappa shape index (κ2) is 8.00. The van der Waals surface area contributed by atoms with E-state index in [-0.39, 0.29) is 0 Å². The molecule has 0 amide bonds. The Kier molecular flexibility index (Phi) is 4.75. The van der Waals surface area contributed by atoms with Crippen molar-refractivity contribution < 1.29 is 0 Å². The number of fused-ring (bicyclic) bond motifs is 2. The summed E-state index contributed by atoms with van der Waals surface area (Å²) in [6.45, 7) is 0. The van der Waals surface area contributed by atoms with Crippen LogP contribution in [0.3, 0.4) is 0 Å². The fraction of sp³-hybridized carbons (Fsp3) is 0. The highest BCUT2D eigenvalue weighted by atomic mass is 14.1. The molecule has 0 saturated heterocycles. The highest BCUT2D eigenvalue weighted by molar-refractivity contribution is 6.03. The summed E-state index contributed by atoms with van der Waals surface area (Å²) in [5, 5.41) is 4.69. The lowest BCUT2D eigenvalue weighted by Crippen LogP contribution is -1.87. The molecule has 5 aromatic carbocycles. The molecule has 0 aliphatic heterocycles. The van der Waals surface area contributed by atoms with Gasteiger partial charge in [-0.05, 0) is 70.1 Å². The highest BCUT2D eigenvalue weighted by Gasteiger charge is 2.06. The molecule has 0 heteroatoms. The van der Waals surface area contributed by atoms with E-state index in [0.717, 1.165) is 33.0 Å². The molecular weight excluding hydrogens is 360 g/mol. The van der Waals surface area contributed by atoms with Crippen molar-refractivity contribution in [1.82, 2.24) is 0 Å². The zero-order valence-electron chi connectivity index (χ0n) is 16.4. The van der Waals surface area contributed by atoms with E-state index in [9.17, 15) is 0 Å². The van der Waals surface area contributed by atoms with Crippen molar-refractivity contribution in [2.45, 2.75) is 0 Å². The molecule has 0 spiro atoms. The van der Waals surface area contributed by atoms with Gasteiger partial charge >= 0.3 is 0 Å². The number of benzene rings is 5. The summed E-state index contributed by atoms with van der Waals surface area (Å²) in [6, 6.07) is 37.3. The summed E-state index contributed by atoms with van der Waals surface area (Å²) in [6.07, 6.45) is 0. The lowest BCUT2D eigenvalue weighted by atomic mass is 9.96. The van der Waals surface area contributed by atoms with Crippen molar-refractivity contribution in [3.05, 3.63) is 131 Å². The van der Waals surface area contributed by atoms with Crippen LogP contribution in [0.25, 0.3) is 21.5 Å². The van der Waals surface area contributed by atoms with E-state index < -0.39 is 0 Å². The van der Waals surface area contributed by atoms with E-state index in [4.69, 9.17) is 0 Å². The minimum absolute atomic E-state index is 1.01. The van der Waals surface area contributed by atoms with Gasteiger partial charge < -0.3 is 0 Å². The molecule has 0 aliphatic rings. The monoisotopic (exact) mass is 378 g/mol. The fourth-order valence-electron chi connectivity index (χ4n) is 3.57. The topological polar surface area (TPSA) is 0 Å². The molecule has 0 saturated carbocycles. The third-order valence-electron chi connectivity index (χ3n) is 5.11. The van der Waals surface area contributed by atoms with E-state index >= 15 is 0 Å². The summed E-state index contributed by atoms with van der Waals surface area (Å²) >= 11 is 0. The molecule has 0 aliphatic carbocycles. The first-order valence-electron chi connectivity index (χ1n) is 9.96. The summed E-state index contributed by atoms with van der Waals surface area (Å²) in [5.41, 5.74) is 4.06. The molecule has 0 atom stereocenters. The maximum Gasteiger partial charge on any atom is 0.0328 e. The van der Waals surface area contributed by atoms with Gasteiger partial charge in [0, 0.05) is 22.3 Å². The molecule has 5 rings (SSSR count). The molecule has 138 valence electrons. The van der Waals surface area contributed by atoms with E-state index in [1.165, 1.54) is 10.8 Å². The van der Waals surface area contributed by atoms with Gasteiger partial charge in [0.2, 0.25) is 0 Å². The predicted octanol–water partition coefficient (Wildman–Crippen LogP) is 6.79. The number of hydrogen-bond acceptors (Lipinski definition) is 0. The number of rotatable bonds is 0. The standard InChI is InChI=1S/C30H18/c1-3-9-23(10-4-1)15-17-25-19-20-26(18-16-24-11-5-2-6-12-24)30-22-28-14-8-7-13-27(28)21-29(25)30/h1-14,19-22H. The first-order valence-corrected chi connectivity index (χ1v) is 9.96. The van der Waals surface area contributed by atoms with Crippen molar-refractivity contribution in [1.29, 1.82) is 0 Å². The van der Waals surface area contributed by atoms with Gasteiger partial charge in [-0.15, -0.1) is 0 Å². The van der Waals surface area contributed by atoms with Crippen LogP contribution in [-0.2, 0) is 0 Å². The SMILES string of the molecule is C(#Cc1ccc(C#Cc2ccccc2)c2cc3ccccc3cc12)c1ccccc1. The first kappa shape index (κ1) is 17.8. The van der Waals surface area contributed by atoms with Gasteiger partial charge in [0.25, 0.3) is 0 Å². The second-order valence-electron chi connectivity index (χ2n) is 7.14. The van der Waals surface area contributed by atoms with E-state index in [1.807, 2.05) is 60.7 Å². The molecule has 5 aromatic rings. The van der Waals surface area contributed by atoms with Crippen molar-refractivity contribution in [2.75, 3.05) is 0 Å². The molecule has 0 nitrogen and oxygen atoms in total. The Morgan fingerprint density at radius 1 is 0.367 bits per heavy atom. The molecule has 0 heterocycles. The van der Waals surface area contributed by atoms with Gasteiger partial charge in [-0.1, -0.05) is 84.3 Å². The average molecular weight is 378 g/mol. The van der Waals surface area contributed by atoms with Crippen LogP contribution in [0.15, 0.2) is 109 Å². The lowest BCUT2D eigenvalue weighted by Gasteiger charge is -2.07. The molecule has 0 fully saturated rings. The van der Waals surface area contributed by atoms with Gasteiger partial charge in [0.05, 0.1) is 0 Å². The van der Waals surface area contributed by atoms with Crippen LogP contribution in [-0.4, -0.2) is 0 Å². The van der Waals surface area contributed by atoms with Gasteiger partial charge in [-0.25, -0.2) is 0 Å². The van der Waals surface area contributed by atoms with Crippen LogP contribution in [0.4, 0.5) is 0 Å². The largest absolute Gasteiger partial charge is 0.0622 e. The van der Waals surface area contributed by atoms with E-state index in [1.54, 1.807) is 0 Å². The lowest BCUT2D eigenvalue weighted by molar-refractivity contribution is 1.63. The molecule has 0 unspecified atom stereocenters. The van der Waals surface area contributed by atoms with Crippen molar-refractivity contribution >= 4 is 21.5 Å². The van der Waals surface area contributed by atoms with Crippen LogP contribution in [0.2, 0.25) is 0 Å². The van der Waals surface area contributed by atoms with Crippen LogP contribution in [0.5, 0.6) is 0 Å². The Bertz CT molecular complexity index is 1350. The number of hydrogen-bond donors (Lipinski definition) is 0. The van der Waals surface area contributed by atoms with Crippen LogP contribution < -0.4 is 0 Å². The molecule has 0 aromatic heterocycles. The van der Waals surface area contributed by atoms with Crippen LogP contribution in [0.1, 0.15) is 22.3 Å². The van der Waals surface area contributed by atoms with Gasteiger partial charge in [-0.2, -0.15) is 0 Å². The Balaban J connectivity index is 1.70. The maximum absolute atomic E-state index is 3.37. The Hall–Kier alpha value is -4.26. The smallest absolute Gasteiger partial charge is 0.0328 e. The zero-order chi connectivity index (χ0) is 20.2. The Morgan fingerprint density at radius 2 is 0.767 bits per heavy atom. The molecular formula is C30H18. The van der Waals surface area contributed by atoms with Crippen molar-refractivity contribution in [3.8, 4) is 23.7 Å². The normalized spacial score (nSPS) is 10.1. The first-order chi connectivity index (χ1) is 14.9. The van der Waals surface area contributed by atoms with Crippen LogP contribution >= 0.6 is 0 Å². The van der Waals surface area contributed by atoms with Crippen molar-refractivity contribution in [3.63, 3.8) is 0 Å². The van der Waals surface area contributed by atoms with Crippen LogP contribution in [0, 0.1) is 23.7 Å². The third kappa shape index (κ3) is 3.68. The average Bonchev–Trinajstić information content (AvgIpc) is 2.82. The molecule has 0 bridgehead atoms. The summed E-state index contributed by atoms with van der Waals surface area (Å²) in [7, 11) is 0. The predicted molar refractivity (Wildman–Crippen MR) is 126 cm³/mol. The Labute approximate surface area is 176 Å². The molecule has 0 radical (unpaired) electrons. The third-order valence-corrected chi connectivity index (χ3v) is 5.11. The quantitative estimate of drug-likeness (QED) is 0.205. The van der Waals surface area contributed by atoms with E-state index in [0.29, 0.717) is 0 Å². The fourth-order valence-corrected chi connectivity index (χ4v) is 3.57. The minimum Gasteiger partial charge on any atom is -0.0622 e. The minimum atomic E-state index is 1.01. The van der Waals surface area contributed by atoms with Gasteiger partial charge in [-0.3, -0.25) is 0 Å². The van der Waals surface area contributed by atoms with Crippen molar-refractivity contribution in [2.24, 2.45) is 0 Å². The summed E-state index contributed by atoms with van der Waals surface area (Å²) < 4.78 is 0. The maximum atomic E-state index is 3.37. The zero-order valence-corrected chi connectivity index (χ0v) is 16.4. The second-order valence-corrected chi connectivity index (χ2v) is 7.14. The Morgan fingerprint density at radius 3 is 1.20 bits per heavy atom. The molecule has 30 heavy (non-hydrogen) atoms. The molecule has 0 N–H and O–H groups in total. The van der Waals surface area contributed by atoms with E-state index in [2.05, 4.69) is 72.2 Å².